The average molecular weight is 556 g/mol. The molecule has 0 spiro atoms. The fraction of sp³-hybridized carbons (Fsp3) is 0.310. The van der Waals surface area contributed by atoms with E-state index in [9.17, 15) is 18.0 Å². The molecule has 1 N–H and O–H groups in total. The van der Waals surface area contributed by atoms with Crippen LogP contribution in [-0.2, 0) is 26.2 Å². The SMILES string of the molecule is CCNC(=O)[C@H](CC)N(Cc1ccccc1C)C(=O)CN(c1ccc(C)cc1)S(=O)(=O)c1ccc(Cl)cc1. The Morgan fingerprint density at radius 3 is 2.13 bits per heavy atom. The fourth-order valence-electron chi connectivity index (χ4n) is 4.16. The van der Waals surface area contributed by atoms with Gasteiger partial charge in [0.25, 0.3) is 10.0 Å². The Bertz CT molecular complexity index is 1360. The normalized spacial score (nSPS) is 12.0. The van der Waals surface area contributed by atoms with Crippen LogP contribution in [-0.4, -0.2) is 44.3 Å². The molecule has 1 atom stereocenters. The molecule has 9 heteroatoms. The van der Waals surface area contributed by atoms with Crippen LogP contribution < -0.4 is 9.62 Å². The van der Waals surface area contributed by atoms with E-state index in [2.05, 4.69) is 5.32 Å². The summed E-state index contributed by atoms with van der Waals surface area (Å²) in [6, 6.07) is 19.6. The van der Waals surface area contributed by atoms with Crippen molar-refractivity contribution in [2.45, 2.75) is 51.6 Å². The molecule has 0 aromatic heterocycles. The van der Waals surface area contributed by atoms with Gasteiger partial charge in [-0.05, 0) is 74.7 Å². The highest BCUT2D eigenvalue weighted by Crippen LogP contribution is 2.26. The number of likely N-dealkylation sites (N-methyl/N-ethyl adjacent to an activating group) is 1. The highest BCUT2D eigenvalue weighted by atomic mass is 35.5. The molecule has 38 heavy (non-hydrogen) atoms. The van der Waals surface area contributed by atoms with E-state index in [-0.39, 0.29) is 17.3 Å². The molecule has 0 aliphatic rings. The van der Waals surface area contributed by atoms with E-state index >= 15 is 0 Å². The van der Waals surface area contributed by atoms with Crippen molar-refractivity contribution < 1.29 is 18.0 Å². The van der Waals surface area contributed by atoms with Crippen LogP contribution in [0.5, 0.6) is 0 Å². The molecule has 0 fully saturated rings. The van der Waals surface area contributed by atoms with Crippen molar-refractivity contribution >= 4 is 39.1 Å². The van der Waals surface area contributed by atoms with Gasteiger partial charge < -0.3 is 10.2 Å². The molecule has 3 aromatic rings. The third-order valence-corrected chi connectivity index (χ3v) is 8.38. The van der Waals surface area contributed by atoms with Crippen molar-refractivity contribution in [1.29, 1.82) is 0 Å². The minimum absolute atomic E-state index is 0.0106. The molecule has 0 heterocycles. The van der Waals surface area contributed by atoms with Crippen LogP contribution in [0.4, 0.5) is 5.69 Å². The monoisotopic (exact) mass is 555 g/mol. The molecule has 0 bridgehead atoms. The lowest BCUT2D eigenvalue weighted by molar-refractivity contribution is -0.140. The molecule has 202 valence electrons. The maximum atomic E-state index is 14.0. The van der Waals surface area contributed by atoms with Gasteiger partial charge in [0.2, 0.25) is 11.8 Å². The van der Waals surface area contributed by atoms with Crippen molar-refractivity contribution in [3.8, 4) is 0 Å². The number of hydrogen-bond donors (Lipinski definition) is 1. The molecule has 0 saturated heterocycles. The Morgan fingerprint density at radius 1 is 0.921 bits per heavy atom. The van der Waals surface area contributed by atoms with Crippen LogP contribution in [0.25, 0.3) is 0 Å². The van der Waals surface area contributed by atoms with E-state index in [1.165, 1.54) is 29.2 Å². The second-order valence-corrected chi connectivity index (χ2v) is 11.4. The first kappa shape index (κ1) is 29.2. The number of amides is 2. The molecular weight excluding hydrogens is 522 g/mol. The Labute approximate surface area is 230 Å². The number of halogens is 1. The van der Waals surface area contributed by atoms with Gasteiger partial charge in [-0.15, -0.1) is 0 Å². The van der Waals surface area contributed by atoms with Crippen molar-refractivity contribution in [1.82, 2.24) is 10.2 Å². The number of anilines is 1. The Kier molecular flexibility index (Phi) is 9.94. The average Bonchev–Trinajstić information content (AvgIpc) is 2.89. The molecule has 3 aromatic carbocycles. The minimum Gasteiger partial charge on any atom is -0.355 e. The van der Waals surface area contributed by atoms with Gasteiger partial charge in [0.1, 0.15) is 12.6 Å². The van der Waals surface area contributed by atoms with Crippen LogP contribution in [0, 0.1) is 13.8 Å². The van der Waals surface area contributed by atoms with Crippen molar-refractivity contribution in [3.05, 3.63) is 94.5 Å². The van der Waals surface area contributed by atoms with Gasteiger partial charge in [-0.1, -0.05) is 60.5 Å². The Balaban J connectivity index is 2.06. The highest BCUT2D eigenvalue weighted by Gasteiger charge is 2.33. The van der Waals surface area contributed by atoms with E-state index < -0.39 is 28.5 Å². The molecule has 2 amide bonds. The standard InChI is InChI=1S/C29H34ClN3O4S/c1-5-27(29(35)31-6-2)32(19-23-10-8-7-9-22(23)4)28(34)20-33(25-15-11-21(3)12-16-25)38(36,37)26-17-13-24(30)14-18-26/h7-18,27H,5-6,19-20H2,1-4H3,(H,31,35)/t27-/m0/s1. The number of sulfonamides is 1. The third-order valence-electron chi connectivity index (χ3n) is 6.34. The predicted molar refractivity (Wildman–Crippen MR) is 152 cm³/mol. The first-order valence-corrected chi connectivity index (χ1v) is 14.4. The number of aryl methyl sites for hydroxylation is 2. The van der Waals surface area contributed by atoms with Crippen LogP contribution in [0.1, 0.15) is 37.0 Å². The smallest absolute Gasteiger partial charge is 0.264 e. The maximum absolute atomic E-state index is 14.0. The van der Waals surface area contributed by atoms with Crippen molar-refractivity contribution in [2.75, 3.05) is 17.4 Å². The van der Waals surface area contributed by atoms with Gasteiger partial charge in [-0.3, -0.25) is 13.9 Å². The lowest BCUT2D eigenvalue weighted by Crippen LogP contribution is -2.52. The topological polar surface area (TPSA) is 86.8 Å². The molecule has 3 rings (SSSR count). The van der Waals surface area contributed by atoms with Gasteiger partial charge >= 0.3 is 0 Å². The number of rotatable bonds is 11. The largest absolute Gasteiger partial charge is 0.355 e. The van der Waals surface area contributed by atoms with Crippen LogP contribution >= 0.6 is 11.6 Å². The minimum atomic E-state index is -4.13. The summed E-state index contributed by atoms with van der Waals surface area (Å²) in [7, 11) is -4.13. The first-order chi connectivity index (χ1) is 18.1. The van der Waals surface area contributed by atoms with E-state index in [0.29, 0.717) is 23.7 Å². The van der Waals surface area contributed by atoms with E-state index in [1.807, 2.05) is 52.0 Å². The predicted octanol–water partition coefficient (Wildman–Crippen LogP) is 5.10. The summed E-state index contributed by atoms with van der Waals surface area (Å²) in [6.07, 6.45) is 0.373. The number of nitrogens with one attached hydrogen (secondary N) is 1. The van der Waals surface area contributed by atoms with E-state index in [4.69, 9.17) is 11.6 Å². The van der Waals surface area contributed by atoms with Crippen molar-refractivity contribution in [2.24, 2.45) is 0 Å². The maximum Gasteiger partial charge on any atom is 0.264 e. The third kappa shape index (κ3) is 6.94. The first-order valence-electron chi connectivity index (χ1n) is 12.5. The summed E-state index contributed by atoms with van der Waals surface area (Å²) in [5.41, 5.74) is 3.15. The van der Waals surface area contributed by atoms with Gasteiger partial charge in [0.15, 0.2) is 0 Å². The summed E-state index contributed by atoms with van der Waals surface area (Å²) in [5, 5.41) is 3.21. The number of nitrogens with zero attached hydrogens (tertiary/aromatic N) is 2. The number of carbonyl (C=O) groups is 2. The van der Waals surface area contributed by atoms with Gasteiger partial charge in [-0.2, -0.15) is 0 Å². The van der Waals surface area contributed by atoms with Gasteiger partial charge in [0.05, 0.1) is 10.6 Å². The molecular formula is C29H34ClN3O4S. The molecule has 0 radical (unpaired) electrons. The van der Waals surface area contributed by atoms with Gasteiger partial charge in [0, 0.05) is 18.1 Å². The summed E-state index contributed by atoms with van der Waals surface area (Å²) in [4.78, 5) is 28.4. The second kappa shape index (κ2) is 12.9. The zero-order valence-electron chi connectivity index (χ0n) is 22.1. The number of benzene rings is 3. The molecule has 0 unspecified atom stereocenters. The lowest BCUT2D eigenvalue weighted by Gasteiger charge is -2.33. The number of carbonyl (C=O) groups excluding carboxylic acids is 2. The molecule has 0 saturated carbocycles. The number of hydrogen-bond acceptors (Lipinski definition) is 4. The van der Waals surface area contributed by atoms with Crippen molar-refractivity contribution in [3.63, 3.8) is 0 Å². The zero-order valence-corrected chi connectivity index (χ0v) is 23.7. The zero-order chi connectivity index (χ0) is 27.9. The van der Waals surface area contributed by atoms with Gasteiger partial charge in [-0.25, -0.2) is 8.42 Å². The molecule has 7 nitrogen and oxygen atoms in total. The second-order valence-electron chi connectivity index (χ2n) is 9.07. The summed E-state index contributed by atoms with van der Waals surface area (Å²) >= 11 is 5.99. The highest BCUT2D eigenvalue weighted by molar-refractivity contribution is 7.92. The quantitative estimate of drug-likeness (QED) is 0.357. The lowest BCUT2D eigenvalue weighted by atomic mass is 10.1. The Morgan fingerprint density at radius 2 is 1.55 bits per heavy atom. The Hall–Kier alpha value is -3.36. The molecule has 0 aliphatic heterocycles. The van der Waals surface area contributed by atoms with Crippen LogP contribution in [0.3, 0.4) is 0 Å². The molecule has 0 aliphatic carbocycles. The fourth-order valence-corrected chi connectivity index (χ4v) is 5.70. The van der Waals surface area contributed by atoms with Crippen LogP contribution in [0.15, 0.2) is 77.7 Å². The van der Waals surface area contributed by atoms with E-state index in [1.54, 1.807) is 24.3 Å². The van der Waals surface area contributed by atoms with E-state index in [0.717, 1.165) is 21.0 Å². The van der Waals surface area contributed by atoms with Crippen LogP contribution in [0.2, 0.25) is 5.02 Å². The summed E-state index contributed by atoms with van der Waals surface area (Å²) in [5.74, 6) is -0.760. The summed E-state index contributed by atoms with van der Waals surface area (Å²) in [6.45, 7) is 7.60. The summed E-state index contributed by atoms with van der Waals surface area (Å²) < 4.78 is 28.7.